The second kappa shape index (κ2) is 8.23. The first-order valence-electron chi connectivity index (χ1n) is 13.6. The Morgan fingerprint density at radius 1 is 0.923 bits per heavy atom. The molecule has 0 fully saturated rings. The van der Waals surface area contributed by atoms with Crippen molar-refractivity contribution in [2.45, 2.75) is 40.0 Å². The lowest BCUT2D eigenvalue weighted by Crippen LogP contribution is -2.08. The quantitative estimate of drug-likeness (QED) is 0.233. The van der Waals surface area contributed by atoms with E-state index >= 15 is 0 Å². The summed E-state index contributed by atoms with van der Waals surface area (Å²) in [5.74, 6) is 2.80. The van der Waals surface area contributed by atoms with Crippen molar-refractivity contribution in [3.05, 3.63) is 71.9 Å². The van der Waals surface area contributed by atoms with Gasteiger partial charge in [-0.05, 0) is 51.4 Å². The van der Waals surface area contributed by atoms with Gasteiger partial charge in [-0.2, -0.15) is 0 Å². The van der Waals surface area contributed by atoms with Crippen molar-refractivity contribution in [2.75, 3.05) is 6.61 Å². The second-order valence-corrected chi connectivity index (χ2v) is 12.4. The topological polar surface area (TPSA) is 63.2 Å². The van der Waals surface area contributed by atoms with Gasteiger partial charge in [-0.3, -0.25) is 9.98 Å². The summed E-state index contributed by atoms with van der Waals surface area (Å²) in [6.45, 7) is 9.33. The third-order valence-electron chi connectivity index (χ3n) is 8.18. The van der Waals surface area contributed by atoms with Crippen molar-refractivity contribution in [3.63, 3.8) is 0 Å². The van der Waals surface area contributed by atoms with Crippen LogP contribution in [0.3, 0.4) is 0 Å². The molecule has 2 aliphatic heterocycles. The van der Waals surface area contributed by atoms with Crippen LogP contribution >= 0.6 is 11.3 Å². The molecule has 0 aliphatic carbocycles. The van der Waals surface area contributed by atoms with Crippen LogP contribution in [0, 0.1) is 5.92 Å². The van der Waals surface area contributed by atoms with E-state index in [1.165, 1.54) is 53.5 Å². The van der Waals surface area contributed by atoms with Crippen LogP contribution in [0.5, 0.6) is 5.75 Å². The van der Waals surface area contributed by atoms with Gasteiger partial charge >= 0.3 is 0 Å². The van der Waals surface area contributed by atoms with Crippen molar-refractivity contribution < 1.29 is 4.74 Å². The van der Waals surface area contributed by atoms with Gasteiger partial charge in [0.25, 0.3) is 0 Å². The summed E-state index contributed by atoms with van der Waals surface area (Å²) in [6, 6.07) is 15.7. The van der Waals surface area contributed by atoms with Crippen molar-refractivity contribution >= 4 is 65.3 Å². The van der Waals surface area contributed by atoms with E-state index in [-0.39, 0.29) is 0 Å². The molecule has 3 aromatic carbocycles. The Bertz CT molecular complexity index is 2060. The van der Waals surface area contributed by atoms with Gasteiger partial charge < -0.3 is 9.72 Å². The van der Waals surface area contributed by atoms with Gasteiger partial charge in [0, 0.05) is 51.7 Å². The summed E-state index contributed by atoms with van der Waals surface area (Å²) < 4.78 is 7.57. The van der Waals surface area contributed by atoms with Crippen molar-refractivity contribution in [1.82, 2.24) is 15.0 Å². The lowest BCUT2D eigenvalue weighted by molar-refractivity contribution is 0.350. The van der Waals surface area contributed by atoms with Gasteiger partial charge in [0.1, 0.15) is 18.2 Å². The van der Waals surface area contributed by atoms with Gasteiger partial charge in [0.15, 0.2) is 0 Å². The second-order valence-electron chi connectivity index (χ2n) is 11.3. The van der Waals surface area contributed by atoms with E-state index in [0.717, 1.165) is 40.1 Å². The highest BCUT2D eigenvalue weighted by Crippen LogP contribution is 2.48. The Balaban J connectivity index is 1.29. The maximum Gasteiger partial charge on any atom is 0.145 e. The van der Waals surface area contributed by atoms with E-state index in [1.54, 1.807) is 0 Å². The first-order chi connectivity index (χ1) is 19.0. The minimum absolute atomic E-state index is 0.324. The molecule has 3 aromatic heterocycles. The van der Waals surface area contributed by atoms with Crippen molar-refractivity contribution in [3.8, 4) is 16.2 Å². The molecule has 39 heavy (non-hydrogen) atoms. The molecule has 0 saturated carbocycles. The van der Waals surface area contributed by atoms with Crippen LogP contribution < -0.4 is 4.74 Å². The first kappa shape index (κ1) is 22.9. The van der Waals surface area contributed by atoms with Crippen LogP contribution in [0.2, 0.25) is 0 Å². The summed E-state index contributed by atoms with van der Waals surface area (Å²) in [6.07, 6.45) is 4.75. The monoisotopic (exact) mass is 528 g/mol. The number of thiophene rings is 1. The molecule has 0 bridgehead atoms. The number of hydrogen-bond donors (Lipinski definition) is 1. The van der Waals surface area contributed by atoms with Gasteiger partial charge in [0.05, 0.1) is 21.4 Å². The maximum absolute atomic E-state index is 6.35. The van der Waals surface area contributed by atoms with Gasteiger partial charge in [0.2, 0.25) is 0 Å². The number of aromatic amines is 1. The molecule has 1 N–H and O–H groups in total. The fourth-order valence-electron chi connectivity index (χ4n) is 6.02. The SMILES string of the molecule is CC(C)C1=NC2=C(C1)c1ccc3cc(-c4ccc5c(c4)c4ccncc4c4nc(C(C)C)[nH]c54)sc3c1OC2. The first-order valence-corrected chi connectivity index (χ1v) is 14.5. The minimum atomic E-state index is 0.324. The van der Waals surface area contributed by atoms with E-state index in [2.05, 4.69) is 80.1 Å². The number of benzene rings is 3. The number of ether oxygens (including phenoxy) is 1. The predicted molar refractivity (Wildman–Crippen MR) is 163 cm³/mol. The van der Waals surface area contributed by atoms with Crippen LogP contribution in [0.15, 0.2) is 65.5 Å². The summed E-state index contributed by atoms with van der Waals surface area (Å²) >= 11 is 1.81. The van der Waals surface area contributed by atoms with E-state index in [4.69, 9.17) is 14.7 Å². The van der Waals surface area contributed by atoms with E-state index in [9.17, 15) is 0 Å². The van der Waals surface area contributed by atoms with Gasteiger partial charge in [-0.15, -0.1) is 11.3 Å². The van der Waals surface area contributed by atoms with Crippen LogP contribution in [-0.2, 0) is 0 Å². The van der Waals surface area contributed by atoms with Crippen molar-refractivity contribution in [2.24, 2.45) is 10.9 Å². The standard InChI is InChI=1S/C33H28N4OS/c1-16(2)26-13-24-22-8-6-19-12-28(39-32(19)31(22)38-15-27(24)35-26)18-5-7-21-23(11-18)20-9-10-34-14-25(20)30-29(21)36-33(37-30)17(3)4/h5-12,14,16-17H,13,15H2,1-4H3,(H,36,37). The number of nitrogens with zero attached hydrogens (tertiary/aromatic N) is 3. The molecular weight excluding hydrogens is 500 g/mol. The molecular formula is C33H28N4OS. The Labute approximate surface area is 230 Å². The summed E-state index contributed by atoms with van der Waals surface area (Å²) in [5.41, 5.74) is 8.20. The van der Waals surface area contributed by atoms with Crippen LogP contribution in [0.4, 0.5) is 0 Å². The summed E-state index contributed by atoms with van der Waals surface area (Å²) in [5, 5.41) is 5.89. The molecule has 192 valence electrons. The lowest BCUT2D eigenvalue weighted by Gasteiger charge is -2.19. The number of aromatic nitrogens is 3. The zero-order valence-electron chi connectivity index (χ0n) is 22.4. The Morgan fingerprint density at radius 2 is 1.82 bits per heavy atom. The highest BCUT2D eigenvalue weighted by molar-refractivity contribution is 7.22. The average Bonchev–Trinajstić information content (AvgIpc) is 3.69. The molecule has 5 heterocycles. The minimum Gasteiger partial charge on any atom is -0.485 e. The number of nitrogens with one attached hydrogen (secondary N) is 1. The van der Waals surface area contributed by atoms with Crippen LogP contribution in [0.25, 0.3) is 58.7 Å². The summed E-state index contributed by atoms with van der Waals surface area (Å²) in [7, 11) is 0. The number of imidazole rings is 1. The average molecular weight is 529 g/mol. The van der Waals surface area contributed by atoms with E-state index < -0.39 is 0 Å². The predicted octanol–water partition coefficient (Wildman–Crippen LogP) is 8.87. The van der Waals surface area contributed by atoms with E-state index in [0.29, 0.717) is 18.4 Å². The van der Waals surface area contributed by atoms with Crippen LogP contribution in [-0.4, -0.2) is 27.3 Å². The maximum atomic E-state index is 6.35. The molecule has 6 aromatic rings. The third-order valence-corrected chi connectivity index (χ3v) is 9.38. The highest BCUT2D eigenvalue weighted by Gasteiger charge is 2.29. The zero-order chi connectivity index (χ0) is 26.4. The largest absolute Gasteiger partial charge is 0.485 e. The molecule has 2 aliphatic rings. The number of fused-ring (bicyclic) bond motifs is 10. The highest BCUT2D eigenvalue weighted by atomic mass is 32.1. The number of allylic oxidation sites excluding steroid dienone is 1. The molecule has 6 heteroatoms. The van der Waals surface area contributed by atoms with Gasteiger partial charge in [-0.1, -0.05) is 52.0 Å². The van der Waals surface area contributed by atoms with Crippen LogP contribution in [0.1, 0.15) is 51.4 Å². The molecule has 0 spiro atoms. The van der Waals surface area contributed by atoms with Crippen molar-refractivity contribution in [1.29, 1.82) is 0 Å². The molecule has 0 radical (unpaired) electrons. The molecule has 8 rings (SSSR count). The Kier molecular flexibility index (Phi) is 4.84. The number of hydrogen-bond acceptors (Lipinski definition) is 5. The molecule has 0 saturated heterocycles. The molecule has 0 unspecified atom stereocenters. The normalized spacial score (nSPS) is 15.2. The molecule has 0 amide bonds. The molecule has 0 atom stereocenters. The summed E-state index contributed by atoms with van der Waals surface area (Å²) in [4.78, 5) is 19.1. The number of H-pyrrole nitrogens is 1. The fraction of sp³-hybridized carbons (Fsp3) is 0.242. The smallest absolute Gasteiger partial charge is 0.145 e. The van der Waals surface area contributed by atoms with E-state index in [1.807, 2.05) is 23.7 Å². The number of rotatable bonds is 3. The van der Waals surface area contributed by atoms with Gasteiger partial charge in [-0.25, -0.2) is 4.98 Å². The Morgan fingerprint density at radius 3 is 2.67 bits per heavy atom. The fourth-order valence-corrected chi connectivity index (χ4v) is 7.18. The number of pyridine rings is 1. The number of aliphatic imine (C=N–C) groups is 1. The Hall–Kier alpha value is -4.03. The molecule has 5 nitrogen and oxygen atoms in total. The lowest BCUT2D eigenvalue weighted by atomic mass is 9.94. The third kappa shape index (κ3) is 3.34. The zero-order valence-corrected chi connectivity index (χ0v) is 23.2.